The van der Waals surface area contributed by atoms with Crippen molar-refractivity contribution in [3.63, 3.8) is 0 Å². The number of hydrogen-bond acceptors (Lipinski definition) is 1. The first kappa shape index (κ1) is 14.2. The molecule has 1 saturated carbocycles. The Morgan fingerprint density at radius 1 is 0.739 bits per heavy atom. The Morgan fingerprint density at radius 3 is 1.52 bits per heavy atom. The first-order valence-corrected chi connectivity index (χ1v) is 8.02. The van der Waals surface area contributed by atoms with Crippen LogP contribution in [-0.4, -0.2) is 10.7 Å². The molecule has 4 rings (SSSR count). The van der Waals surface area contributed by atoms with Crippen molar-refractivity contribution in [2.75, 3.05) is 0 Å². The van der Waals surface area contributed by atoms with Crippen LogP contribution in [0, 0.1) is 11.8 Å². The number of benzene rings is 2. The number of rotatable bonds is 3. The van der Waals surface area contributed by atoms with Crippen molar-refractivity contribution >= 4 is 0 Å². The summed E-state index contributed by atoms with van der Waals surface area (Å²) in [6, 6.07) is 20.5. The second-order valence-electron chi connectivity index (χ2n) is 6.53. The summed E-state index contributed by atoms with van der Waals surface area (Å²) in [4.78, 5) is 0. The van der Waals surface area contributed by atoms with Gasteiger partial charge in [-0.3, -0.25) is 0 Å². The van der Waals surface area contributed by atoms with Gasteiger partial charge in [-0.2, -0.15) is 0 Å². The lowest BCUT2D eigenvalue weighted by atomic mass is 9.71. The average Bonchev–Trinajstić information content (AvgIpc) is 3.00. The Balaban J connectivity index is 1.91. The topological polar surface area (TPSA) is 20.2 Å². The fraction of sp³-hybridized carbons (Fsp3) is 0.182. The maximum absolute atomic E-state index is 11.8. The van der Waals surface area contributed by atoms with Crippen LogP contribution in [0.5, 0.6) is 0 Å². The highest BCUT2D eigenvalue weighted by atomic mass is 16.3. The van der Waals surface area contributed by atoms with Gasteiger partial charge in [-0.05, 0) is 22.3 Å². The third-order valence-corrected chi connectivity index (χ3v) is 5.38. The normalized spacial score (nSPS) is 28.8. The molecular formula is C22H20O. The predicted molar refractivity (Wildman–Crippen MR) is 94.1 cm³/mol. The Bertz CT molecular complexity index is 722. The minimum atomic E-state index is -0.920. The number of fused-ring (bicyclic) bond motifs is 2. The molecule has 2 aromatic carbocycles. The van der Waals surface area contributed by atoms with Crippen molar-refractivity contribution < 1.29 is 5.11 Å². The molecule has 2 bridgehead atoms. The summed E-state index contributed by atoms with van der Waals surface area (Å²) in [5.74, 6) is -0.235. The van der Waals surface area contributed by atoms with Gasteiger partial charge in [-0.25, -0.2) is 0 Å². The Labute approximate surface area is 137 Å². The van der Waals surface area contributed by atoms with Gasteiger partial charge in [0, 0.05) is 17.8 Å². The minimum Gasteiger partial charge on any atom is -0.387 e. The first-order chi connectivity index (χ1) is 11.1. The molecule has 2 aromatic rings. The second-order valence-corrected chi connectivity index (χ2v) is 6.53. The third-order valence-electron chi connectivity index (χ3n) is 5.38. The van der Waals surface area contributed by atoms with Crippen molar-refractivity contribution in [3.8, 4) is 0 Å². The van der Waals surface area contributed by atoms with Gasteiger partial charge in [0.1, 0.15) is 0 Å². The molecule has 0 heterocycles. The van der Waals surface area contributed by atoms with Crippen LogP contribution in [-0.2, 0) is 0 Å². The van der Waals surface area contributed by atoms with E-state index in [0.29, 0.717) is 0 Å². The van der Waals surface area contributed by atoms with Gasteiger partial charge in [-0.15, -0.1) is 0 Å². The van der Waals surface area contributed by atoms with Crippen LogP contribution in [0.2, 0.25) is 0 Å². The van der Waals surface area contributed by atoms with Gasteiger partial charge >= 0.3 is 0 Å². The van der Waals surface area contributed by atoms with Gasteiger partial charge in [0.25, 0.3) is 0 Å². The lowest BCUT2D eigenvalue weighted by Gasteiger charge is -2.38. The molecule has 23 heavy (non-hydrogen) atoms. The molecule has 0 spiro atoms. The highest BCUT2D eigenvalue weighted by molar-refractivity contribution is 5.55. The Kier molecular flexibility index (Phi) is 3.14. The molecule has 2 aliphatic rings. The summed E-state index contributed by atoms with van der Waals surface area (Å²) in [6.45, 7) is 8.34. The number of aliphatic hydroxyl groups is 1. The SMILES string of the molecule is C=C1C(=C)[C@@H]2C=C[C@H]1C2(O)C(c1ccccc1)c1ccccc1. The third kappa shape index (κ3) is 1.90. The van der Waals surface area contributed by atoms with Gasteiger partial charge in [0.15, 0.2) is 0 Å². The van der Waals surface area contributed by atoms with E-state index in [1.807, 2.05) is 36.4 Å². The van der Waals surface area contributed by atoms with E-state index < -0.39 is 5.60 Å². The minimum absolute atomic E-state index is 0.0644. The van der Waals surface area contributed by atoms with E-state index in [1.54, 1.807) is 0 Å². The molecule has 1 nitrogen and oxygen atoms in total. The van der Waals surface area contributed by atoms with Crippen LogP contribution in [0.25, 0.3) is 0 Å². The fourth-order valence-corrected chi connectivity index (χ4v) is 4.29. The predicted octanol–water partition coefficient (Wildman–Crippen LogP) is 4.48. The molecule has 0 radical (unpaired) electrons. The maximum Gasteiger partial charge on any atom is 0.0961 e. The number of hydrogen-bond donors (Lipinski definition) is 1. The lowest BCUT2D eigenvalue weighted by molar-refractivity contribution is -0.00375. The van der Waals surface area contributed by atoms with Crippen molar-refractivity contribution in [2.45, 2.75) is 11.5 Å². The molecule has 2 aliphatic carbocycles. The van der Waals surface area contributed by atoms with Gasteiger partial charge in [-0.1, -0.05) is 86.0 Å². The summed E-state index contributed by atoms with van der Waals surface area (Å²) >= 11 is 0. The second kappa shape index (κ2) is 5.07. The van der Waals surface area contributed by atoms with Crippen LogP contribution in [0.15, 0.2) is 97.1 Å². The zero-order valence-corrected chi connectivity index (χ0v) is 13.0. The van der Waals surface area contributed by atoms with Crippen LogP contribution in [0.3, 0.4) is 0 Å². The van der Waals surface area contributed by atoms with Crippen LogP contribution >= 0.6 is 0 Å². The molecule has 114 valence electrons. The van der Waals surface area contributed by atoms with Crippen molar-refractivity contribution in [1.82, 2.24) is 0 Å². The maximum atomic E-state index is 11.8. The van der Waals surface area contributed by atoms with E-state index in [4.69, 9.17) is 0 Å². The largest absolute Gasteiger partial charge is 0.387 e. The Morgan fingerprint density at radius 2 is 1.13 bits per heavy atom. The summed E-state index contributed by atoms with van der Waals surface area (Å²) in [6.07, 6.45) is 4.20. The van der Waals surface area contributed by atoms with Crippen molar-refractivity contribution in [3.05, 3.63) is 108 Å². The van der Waals surface area contributed by atoms with E-state index in [1.165, 1.54) is 0 Å². The lowest BCUT2D eigenvalue weighted by Crippen LogP contribution is -2.42. The molecule has 1 unspecified atom stereocenters. The summed E-state index contributed by atoms with van der Waals surface area (Å²) in [7, 11) is 0. The molecule has 1 N–H and O–H groups in total. The molecule has 3 atom stereocenters. The van der Waals surface area contributed by atoms with Crippen LogP contribution in [0.1, 0.15) is 17.0 Å². The molecule has 0 aromatic heterocycles. The van der Waals surface area contributed by atoms with E-state index >= 15 is 0 Å². The van der Waals surface area contributed by atoms with Crippen molar-refractivity contribution in [2.24, 2.45) is 11.8 Å². The Hall–Kier alpha value is -2.38. The van der Waals surface area contributed by atoms with Gasteiger partial charge in [0.2, 0.25) is 0 Å². The summed E-state index contributed by atoms with van der Waals surface area (Å²) in [5.41, 5.74) is 3.27. The van der Waals surface area contributed by atoms with Crippen LogP contribution in [0.4, 0.5) is 0 Å². The van der Waals surface area contributed by atoms with Gasteiger partial charge in [0.05, 0.1) is 5.60 Å². The highest BCUT2D eigenvalue weighted by Gasteiger charge is 2.59. The van der Waals surface area contributed by atoms with E-state index in [-0.39, 0.29) is 17.8 Å². The van der Waals surface area contributed by atoms with E-state index in [2.05, 4.69) is 49.6 Å². The van der Waals surface area contributed by atoms with E-state index in [0.717, 1.165) is 22.3 Å². The van der Waals surface area contributed by atoms with Crippen molar-refractivity contribution in [1.29, 1.82) is 0 Å². The zero-order valence-electron chi connectivity index (χ0n) is 13.0. The molecule has 0 aliphatic heterocycles. The fourth-order valence-electron chi connectivity index (χ4n) is 4.29. The van der Waals surface area contributed by atoms with Gasteiger partial charge < -0.3 is 5.11 Å². The monoisotopic (exact) mass is 300 g/mol. The molecule has 1 fully saturated rings. The molecular weight excluding hydrogens is 280 g/mol. The molecule has 0 saturated heterocycles. The smallest absolute Gasteiger partial charge is 0.0961 e. The quantitative estimate of drug-likeness (QED) is 0.829. The molecule has 1 heteroatoms. The molecule has 0 amide bonds. The first-order valence-electron chi connectivity index (χ1n) is 8.02. The summed E-state index contributed by atoms with van der Waals surface area (Å²) < 4.78 is 0. The highest BCUT2D eigenvalue weighted by Crippen LogP contribution is 2.59. The average molecular weight is 300 g/mol. The zero-order chi connectivity index (χ0) is 16.0. The summed E-state index contributed by atoms with van der Waals surface area (Å²) in [5, 5.41) is 11.8. The van der Waals surface area contributed by atoms with E-state index in [9.17, 15) is 5.11 Å². The van der Waals surface area contributed by atoms with Crippen LogP contribution < -0.4 is 0 Å². The standard InChI is InChI=1S/C22H20O/c1-15-16(2)20-14-13-19(15)22(20,23)21(17-9-5-3-6-10-17)18-11-7-4-8-12-18/h3-14,19-21,23H,1-2H2/t19-,20+,22?.